The first kappa shape index (κ1) is 19.2. The molecule has 4 nitrogen and oxygen atoms in total. The van der Waals surface area contributed by atoms with Crippen LogP contribution in [0.25, 0.3) is 11.1 Å². The fraction of sp³-hybridized carbons (Fsp3) is 0.158. The lowest BCUT2D eigenvalue weighted by atomic mass is 10.0. The van der Waals surface area contributed by atoms with Gasteiger partial charge in [-0.05, 0) is 43.7 Å². The van der Waals surface area contributed by atoms with Crippen LogP contribution in [0, 0.1) is 36.8 Å². The highest BCUT2D eigenvalue weighted by molar-refractivity contribution is 6.39. The first-order valence-electron chi connectivity index (χ1n) is 7.88. The second-order valence-corrected chi connectivity index (χ2v) is 6.90. The molecule has 0 aliphatic rings. The number of hydrogen-bond acceptors (Lipinski definition) is 3. The summed E-state index contributed by atoms with van der Waals surface area (Å²) in [5.41, 5.74) is 1.53. The van der Waals surface area contributed by atoms with Crippen molar-refractivity contribution in [1.29, 1.82) is 5.26 Å². The Morgan fingerprint density at radius 3 is 2.11 bits per heavy atom. The van der Waals surface area contributed by atoms with Crippen LogP contribution in [-0.4, -0.2) is 9.78 Å². The number of anilines is 2. The van der Waals surface area contributed by atoms with Gasteiger partial charge in [0.25, 0.3) is 0 Å². The van der Waals surface area contributed by atoms with E-state index >= 15 is 0 Å². The second kappa shape index (κ2) is 7.18. The van der Waals surface area contributed by atoms with Crippen LogP contribution in [0.2, 0.25) is 10.0 Å². The van der Waals surface area contributed by atoms with Gasteiger partial charge in [0.1, 0.15) is 17.5 Å². The fourth-order valence-corrected chi connectivity index (χ4v) is 3.61. The molecule has 0 atom stereocenters. The van der Waals surface area contributed by atoms with Crippen molar-refractivity contribution >= 4 is 34.7 Å². The molecule has 0 saturated carbocycles. The number of nitriles is 1. The van der Waals surface area contributed by atoms with Crippen molar-refractivity contribution < 1.29 is 8.78 Å². The summed E-state index contributed by atoms with van der Waals surface area (Å²) in [6.45, 7) is 3.48. The predicted octanol–water partition coefficient (Wildman–Crippen LogP) is 5.90. The Hall–Kier alpha value is -2.62. The Labute approximate surface area is 164 Å². The number of aryl methyl sites for hydroxylation is 3. The van der Waals surface area contributed by atoms with E-state index in [-0.39, 0.29) is 16.7 Å². The van der Waals surface area contributed by atoms with E-state index in [1.807, 2.05) is 6.92 Å². The minimum absolute atomic E-state index is 0.102. The molecule has 8 heteroatoms. The van der Waals surface area contributed by atoms with Crippen LogP contribution in [0.5, 0.6) is 0 Å². The average molecular weight is 407 g/mol. The zero-order chi connectivity index (χ0) is 19.9. The molecule has 0 amide bonds. The SMILES string of the molecule is Cc1cc(Cl)c(Nc2c(-c3c(F)cc(C#N)cc3F)c(C)nn2C)c(Cl)c1. The first-order chi connectivity index (χ1) is 12.7. The van der Waals surface area contributed by atoms with Gasteiger partial charge in [-0.3, -0.25) is 4.68 Å². The Morgan fingerprint density at radius 2 is 1.59 bits per heavy atom. The zero-order valence-corrected chi connectivity index (χ0v) is 16.2. The van der Waals surface area contributed by atoms with Gasteiger partial charge in [-0.25, -0.2) is 8.78 Å². The molecule has 0 aliphatic carbocycles. The number of aromatic nitrogens is 2. The third-order valence-corrected chi connectivity index (χ3v) is 4.67. The number of halogens is 4. The number of rotatable bonds is 3. The minimum Gasteiger partial charge on any atom is -0.337 e. The number of nitrogens with one attached hydrogen (secondary N) is 1. The van der Waals surface area contributed by atoms with Gasteiger partial charge in [0, 0.05) is 7.05 Å². The summed E-state index contributed by atoms with van der Waals surface area (Å²) in [4.78, 5) is 0. The summed E-state index contributed by atoms with van der Waals surface area (Å²) >= 11 is 12.6. The van der Waals surface area contributed by atoms with Gasteiger partial charge in [0.05, 0.1) is 44.2 Å². The van der Waals surface area contributed by atoms with E-state index in [1.54, 1.807) is 32.2 Å². The van der Waals surface area contributed by atoms with Gasteiger partial charge in [0.15, 0.2) is 0 Å². The van der Waals surface area contributed by atoms with Crippen LogP contribution in [0.4, 0.5) is 20.3 Å². The molecule has 3 rings (SSSR count). The normalized spacial score (nSPS) is 10.7. The average Bonchev–Trinajstić information content (AvgIpc) is 2.84. The molecule has 0 aliphatic heterocycles. The molecular weight excluding hydrogens is 393 g/mol. The molecule has 0 unspecified atom stereocenters. The Bertz CT molecular complexity index is 1050. The van der Waals surface area contributed by atoms with Crippen molar-refractivity contribution in [2.24, 2.45) is 7.05 Å². The standard InChI is InChI=1S/C19H14Cl2F2N4/c1-9-4-12(20)18(13(21)5-9)25-19-16(10(2)26-27(19)3)17-14(22)6-11(8-24)7-15(17)23/h4-7,25H,1-3H3. The summed E-state index contributed by atoms with van der Waals surface area (Å²) in [5, 5.41) is 16.9. The molecule has 27 heavy (non-hydrogen) atoms. The molecule has 0 radical (unpaired) electrons. The molecule has 0 spiro atoms. The van der Waals surface area contributed by atoms with Gasteiger partial charge < -0.3 is 5.32 Å². The second-order valence-electron chi connectivity index (χ2n) is 6.09. The molecule has 1 aromatic heterocycles. The summed E-state index contributed by atoms with van der Waals surface area (Å²) in [6, 6.07) is 7.15. The molecule has 2 aromatic carbocycles. The molecule has 138 valence electrons. The minimum atomic E-state index is -0.855. The molecule has 0 bridgehead atoms. The van der Waals surface area contributed by atoms with Crippen molar-refractivity contribution in [3.63, 3.8) is 0 Å². The summed E-state index contributed by atoms with van der Waals surface area (Å²) in [5.74, 6) is -1.39. The molecule has 1 N–H and O–H groups in total. The smallest absolute Gasteiger partial charge is 0.136 e. The third-order valence-electron chi connectivity index (χ3n) is 4.07. The summed E-state index contributed by atoms with van der Waals surface area (Å²) in [7, 11) is 1.63. The maximum atomic E-state index is 14.6. The first-order valence-corrected chi connectivity index (χ1v) is 8.64. The van der Waals surface area contributed by atoms with Crippen LogP contribution in [0.3, 0.4) is 0 Å². The fourth-order valence-electron chi connectivity index (χ4n) is 2.92. The Kier molecular flexibility index (Phi) is 5.09. The maximum absolute atomic E-state index is 14.6. The summed E-state index contributed by atoms with van der Waals surface area (Å²) < 4.78 is 30.6. The van der Waals surface area contributed by atoms with Crippen LogP contribution in [0.1, 0.15) is 16.8 Å². The highest BCUT2D eigenvalue weighted by Crippen LogP contribution is 2.40. The van der Waals surface area contributed by atoms with Crippen LogP contribution < -0.4 is 5.32 Å². The lowest BCUT2D eigenvalue weighted by Crippen LogP contribution is -2.03. The molecule has 1 heterocycles. The number of benzene rings is 2. The van der Waals surface area contributed by atoms with Crippen molar-refractivity contribution in [3.05, 3.63) is 62.8 Å². The lowest BCUT2D eigenvalue weighted by Gasteiger charge is -2.14. The van der Waals surface area contributed by atoms with Crippen molar-refractivity contribution in [1.82, 2.24) is 9.78 Å². The van der Waals surface area contributed by atoms with Crippen molar-refractivity contribution in [2.45, 2.75) is 13.8 Å². The van der Waals surface area contributed by atoms with Crippen molar-refractivity contribution in [3.8, 4) is 17.2 Å². The quantitative estimate of drug-likeness (QED) is 0.588. The predicted molar refractivity (Wildman–Crippen MR) is 102 cm³/mol. The molecule has 0 saturated heterocycles. The van der Waals surface area contributed by atoms with E-state index in [1.165, 1.54) is 4.68 Å². The highest BCUT2D eigenvalue weighted by atomic mass is 35.5. The number of nitrogens with zero attached hydrogens (tertiary/aromatic N) is 3. The largest absolute Gasteiger partial charge is 0.337 e. The highest BCUT2D eigenvalue weighted by Gasteiger charge is 2.24. The van der Waals surface area contributed by atoms with E-state index < -0.39 is 11.6 Å². The monoisotopic (exact) mass is 406 g/mol. The van der Waals surface area contributed by atoms with Crippen LogP contribution in [-0.2, 0) is 7.05 Å². The van der Waals surface area contributed by atoms with Crippen LogP contribution >= 0.6 is 23.2 Å². The van der Waals surface area contributed by atoms with Crippen LogP contribution in [0.15, 0.2) is 24.3 Å². The van der Waals surface area contributed by atoms with E-state index in [0.717, 1.165) is 17.7 Å². The van der Waals surface area contributed by atoms with Gasteiger partial charge in [-0.15, -0.1) is 0 Å². The van der Waals surface area contributed by atoms with E-state index in [4.69, 9.17) is 28.5 Å². The van der Waals surface area contributed by atoms with Gasteiger partial charge in [-0.1, -0.05) is 23.2 Å². The number of hydrogen-bond donors (Lipinski definition) is 1. The molecular formula is C19H14Cl2F2N4. The van der Waals surface area contributed by atoms with E-state index in [2.05, 4.69) is 10.4 Å². The Morgan fingerprint density at radius 1 is 1.04 bits per heavy atom. The topological polar surface area (TPSA) is 53.6 Å². The maximum Gasteiger partial charge on any atom is 0.136 e. The van der Waals surface area contributed by atoms with E-state index in [0.29, 0.717) is 27.2 Å². The van der Waals surface area contributed by atoms with Gasteiger partial charge in [0.2, 0.25) is 0 Å². The van der Waals surface area contributed by atoms with Crippen molar-refractivity contribution in [2.75, 3.05) is 5.32 Å². The molecule has 3 aromatic rings. The Balaban J connectivity index is 2.21. The lowest BCUT2D eigenvalue weighted by molar-refractivity contribution is 0.588. The summed E-state index contributed by atoms with van der Waals surface area (Å²) in [6.07, 6.45) is 0. The van der Waals surface area contributed by atoms with E-state index in [9.17, 15) is 8.78 Å². The van der Waals surface area contributed by atoms with Gasteiger partial charge >= 0.3 is 0 Å². The zero-order valence-electron chi connectivity index (χ0n) is 14.7. The third kappa shape index (κ3) is 3.48. The molecule has 0 fully saturated rings. The van der Waals surface area contributed by atoms with Gasteiger partial charge in [-0.2, -0.15) is 10.4 Å².